The van der Waals surface area contributed by atoms with Gasteiger partial charge in [-0.2, -0.15) is 4.37 Å². The number of aromatic nitrogens is 4. The van der Waals surface area contributed by atoms with Crippen LogP contribution in [0.2, 0.25) is 0 Å². The maximum atomic E-state index is 12.9. The van der Waals surface area contributed by atoms with E-state index in [1.807, 2.05) is 6.92 Å². The fourth-order valence-electron chi connectivity index (χ4n) is 1.53. The molecule has 1 aromatic carbocycles. The van der Waals surface area contributed by atoms with Crippen LogP contribution in [0.4, 0.5) is 4.39 Å². The summed E-state index contributed by atoms with van der Waals surface area (Å²) >= 11 is 2.77. The van der Waals surface area contributed by atoms with Crippen molar-refractivity contribution in [2.24, 2.45) is 0 Å². The van der Waals surface area contributed by atoms with Crippen molar-refractivity contribution >= 4 is 23.3 Å². The zero-order valence-corrected chi connectivity index (χ0v) is 11.6. The summed E-state index contributed by atoms with van der Waals surface area (Å²) in [5.74, 6) is 0.514. The second kappa shape index (κ2) is 5.10. The predicted molar refractivity (Wildman–Crippen MR) is 72.8 cm³/mol. The second-order valence-electron chi connectivity index (χ2n) is 3.82. The van der Waals surface area contributed by atoms with Crippen LogP contribution in [-0.2, 0) is 0 Å². The minimum atomic E-state index is -0.248. The number of H-pyrrole nitrogens is 1. The van der Waals surface area contributed by atoms with Gasteiger partial charge in [-0.25, -0.2) is 14.4 Å². The fraction of sp³-hybridized carbons (Fsp3) is 0.0833. The molecule has 4 nitrogen and oxygen atoms in total. The minimum absolute atomic E-state index is 0.248. The number of nitrogens with zero attached hydrogens (tertiary/aromatic N) is 3. The number of nitrogens with one attached hydrogen (secondary N) is 1. The Morgan fingerprint density at radius 3 is 2.74 bits per heavy atom. The molecule has 0 saturated carbocycles. The molecule has 0 fully saturated rings. The molecule has 0 atom stereocenters. The van der Waals surface area contributed by atoms with Gasteiger partial charge in [0.1, 0.15) is 11.6 Å². The fourth-order valence-corrected chi connectivity index (χ4v) is 3.06. The first-order valence-electron chi connectivity index (χ1n) is 5.50. The molecule has 0 unspecified atom stereocenters. The Morgan fingerprint density at radius 2 is 2.05 bits per heavy atom. The Labute approximate surface area is 117 Å². The number of aryl methyl sites for hydroxylation is 1. The molecule has 96 valence electrons. The van der Waals surface area contributed by atoms with Gasteiger partial charge >= 0.3 is 0 Å². The van der Waals surface area contributed by atoms with Gasteiger partial charge in [-0.05, 0) is 60.0 Å². The normalized spacial score (nSPS) is 10.8. The highest BCUT2D eigenvalue weighted by atomic mass is 32.2. The molecule has 0 aliphatic rings. The van der Waals surface area contributed by atoms with E-state index >= 15 is 0 Å². The van der Waals surface area contributed by atoms with Gasteiger partial charge in [-0.1, -0.05) is 0 Å². The van der Waals surface area contributed by atoms with E-state index in [2.05, 4.69) is 19.3 Å². The summed E-state index contributed by atoms with van der Waals surface area (Å²) in [4.78, 5) is 11.7. The molecule has 0 aliphatic heterocycles. The van der Waals surface area contributed by atoms with Crippen molar-refractivity contribution in [2.75, 3.05) is 0 Å². The van der Waals surface area contributed by atoms with E-state index in [4.69, 9.17) is 0 Å². The highest BCUT2D eigenvalue weighted by Gasteiger charge is 2.08. The Bertz CT molecular complexity index is 690. The number of aromatic amines is 1. The first-order chi connectivity index (χ1) is 9.20. The maximum absolute atomic E-state index is 12.9. The zero-order valence-electron chi connectivity index (χ0n) is 9.92. The van der Waals surface area contributed by atoms with Crippen molar-refractivity contribution in [1.82, 2.24) is 19.3 Å². The molecular formula is C12H9FN4S2. The smallest absolute Gasteiger partial charge is 0.177 e. The monoisotopic (exact) mass is 292 g/mol. The standard InChI is InChI=1S/C12H9FN4S2/c1-7-15-12(19-17-7)18-11-14-6-10(16-11)8-2-4-9(13)5-3-8/h2-6H,1H3,(H,14,16). The van der Waals surface area contributed by atoms with Crippen LogP contribution in [0.5, 0.6) is 0 Å². The van der Waals surface area contributed by atoms with Crippen molar-refractivity contribution in [3.63, 3.8) is 0 Å². The molecule has 0 aliphatic carbocycles. The van der Waals surface area contributed by atoms with Gasteiger partial charge in [0.15, 0.2) is 9.50 Å². The summed E-state index contributed by atoms with van der Waals surface area (Å²) in [5, 5.41) is 0.746. The van der Waals surface area contributed by atoms with Crippen molar-refractivity contribution in [1.29, 1.82) is 0 Å². The van der Waals surface area contributed by atoms with E-state index in [0.717, 1.165) is 26.6 Å². The van der Waals surface area contributed by atoms with Gasteiger partial charge in [0.25, 0.3) is 0 Å². The third-order valence-corrected chi connectivity index (χ3v) is 4.14. The van der Waals surface area contributed by atoms with E-state index in [1.54, 1.807) is 18.3 Å². The van der Waals surface area contributed by atoms with E-state index in [-0.39, 0.29) is 5.82 Å². The van der Waals surface area contributed by atoms with Crippen molar-refractivity contribution in [3.05, 3.63) is 42.1 Å². The summed E-state index contributed by atoms with van der Waals surface area (Å²) in [6.07, 6.45) is 1.73. The van der Waals surface area contributed by atoms with E-state index in [0.29, 0.717) is 0 Å². The Kier molecular flexibility index (Phi) is 3.31. The maximum Gasteiger partial charge on any atom is 0.177 e. The molecule has 0 spiro atoms. The molecule has 7 heteroatoms. The molecule has 1 N–H and O–H groups in total. The molecule has 2 aromatic heterocycles. The third-order valence-electron chi connectivity index (χ3n) is 2.40. The van der Waals surface area contributed by atoms with E-state index < -0.39 is 0 Å². The summed E-state index contributed by atoms with van der Waals surface area (Å²) in [5.41, 5.74) is 1.75. The van der Waals surface area contributed by atoms with Crippen LogP contribution in [0.25, 0.3) is 11.3 Å². The first-order valence-corrected chi connectivity index (χ1v) is 7.09. The number of hydrogen-bond acceptors (Lipinski definition) is 5. The van der Waals surface area contributed by atoms with Crippen LogP contribution in [0, 0.1) is 12.7 Å². The number of halogens is 1. The molecule has 2 heterocycles. The molecule has 0 radical (unpaired) electrons. The van der Waals surface area contributed by atoms with Crippen molar-refractivity contribution < 1.29 is 4.39 Å². The summed E-state index contributed by atoms with van der Waals surface area (Å²) in [7, 11) is 0. The van der Waals surface area contributed by atoms with Gasteiger partial charge in [-0.15, -0.1) is 0 Å². The molecule has 3 rings (SSSR count). The van der Waals surface area contributed by atoms with Crippen LogP contribution in [0.3, 0.4) is 0 Å². The van der Waals surface area contributed by atoms with Crippen LogP contribution in [-0.4, -0.2) is 19.3 Å². The van der Waals surface area contributed by atoms with Crippen LogP contribution >= 0.6 is 23.3 Å². The van der Waals surface area contributed by atoms with E-state index in [9.17, 15) is 4.39 Å². The number of imidazole rings is 1. The largest absolute Gasteiger partial charge is 0.333 e. The summed E-state index contributed by atoms with van der Waals surface area (Å²) in [6.45, 7) is 1.85. The van der Waals surface area contributed by atoms with Gasteiger partial charge < -0.3 is 4.98 Å². The first kappa shape index (κ1) is 12.3. The molecule has 0 amide bonds. The zero-order chi connectivity index (χ0) is 13.2. The van der Waals surface area contributed by atoms with Gasteiger partial charge in [0, 0.05) is 0 Å². The molecule has 0 bridgehead atoms. The van der Waals surface area contributed by atoms with Crippen LogP contribution in [0.15, 0.2) is 40.0 Å². The van der Waals surface area contributed by atoms with Crippen molar-refractivity contribution in [3.8, 4) is 11.3 Å². The lowest BCUT2D eigenvalue weighted by Crippen LogP contribution is -1.79. The average Bonchev–Trinajstić information content (AvgIpc) is 3.00. The molecule has 3 aromatic rings. The SMILES string of the molecule is Cc1nsc(Sc2ncc(-c3ccc(F)cc3)[nH]2)n1. The molecule has 0 saturated heterocycles. The Morgan fingerprint density at radius 1 is 1.26 bits per heavy atom. The van der Waals surface area contributed by atoms with E-state index in [1.165, 1.54) is 35.4 Å². The lowest BCUT2D eigenvalue weighted by atomic mass is 10.2. The quantitative estimate of drug-likeness (QED) is 0.802. The minimum Gasteiger partial charge on any atom is -0.333 e. The topological polar surface area (TPSA) is 54.5 Å². The van der Waals surface area contributed by atoms with Crippen molar-refractivity contribution in [2.45, 2.75) is 16.4 Å². The lowest BCUT2D eigenvalue weighted by molar-refractivity contribution is 0.628. The van der Waals surface area contributed by atoms with Gasteiger partial charge in [0.2, 0.25) is 0 Å². The Hall–Kier alpha value is -1.73. The number of hydrogen-bond donors (Lipinski definition) is 1. The number of benzene rings is 1. The summed E-state index contributed by atoms with van der Waals surface area (Å²) in [6, 6.07) is 6.28. The highest BCUT2D eigenvalue weighted by molar-refractivity contribution is 8.00. The number of rotatable bonds is 3. The van der Waals surface area contributed by atoms with Crippen LogP contribution in [0.1, 0.15) is 5.82 Å². The lowest BCUT2D eigenvalue weighted by Gasteiger charge is -1.96. The summed E-state index contributed by atoms with van der Waals surface area (Å²) < 4.78 is 17.8. The second-order valence-corrected chi connectivity index (χ2v) is 5.81. The Balaban J connectivity index is 1.81. The molecule has 19 heavy (non-hydrogen) atoms. The predicted octanol–water partition coefficient (Wildman–Crippen LogP) is 3.53. The molecular weight excluding hydrogens is 283 g/mol. The van der Waals surface area contributed by atoms with Crippen LogP contribution < -0.4 is 0 Å². The highest BCUT2D eigenvalue weighted by Crippen LogP contribution is 2.28. The van der Waals surface area contributed by atoms with Gasteiger partial charge in [0.05, 0.1) is 11.9 Å². The average molecular weight is 292 g/mol. The third kappa shape index (κ3) is 2.82. The van der Waals surface area contributed by atoms with Gasteiger partial charge in [-0.3, -0.25) is 0 Å².